The van der Waals surface area contributed by atoms with Crippen molar-refractivity contribution >= 4 is 6.16 Å². The maximum Gasteiger partial charge on any atom is 0.515 e. The van der Waals surface area contributed by atoms with E-state index in [1.807, 2.05) is 0 Å². The van der Waals surface area contributed by atoms with Crippen molar-refractivity contribution in [2.45, 2.75) is 6.92 Å². The predicted octanol–water partition coefficient (Wildman–Crippen LogP) is 0.536. The fourth-order valence-electron chi connectivity index (χ4n) is 0.571. The number of hydrogen-bond donors (Lipinski definition) is 1. The minimum Gasteiger partial charge on any atom is -0.434 e. The molecule has 62 valence electrons. The van der Waals surface area contributed by atoms with Crippen molar-refractivity contribution in [3.63, 3.8) is 0 Å². The molecule has 0 saturated carbocycles. The number of hydrogen-bond acceptors (Lipinski definition) is 5. The van der Waals surface area contributed by atoms with Gasteiger partial charge in [0.1, 0.15) is 0 Å². The first-order valence-corrected chi connectivity index (χ1v) is 3.25. The molecule has 1 rings (SSSR count). The summed E-state index contributed by atoms with van der Waals surface area (Å²) in [6.07, 6.45) is 0.869. The third-order valence-corrected chi connectivity index (χ3v) is 0.980. The molecule has 0 bridgehead atoms. The van der Waals surface area contributed by atoms with Gasteiger partial charge in [0.05, 0.1) is 13.2 Å². The normalized spacial score (nSPS) is 15.2. The minimum atomic E-state index is -0.725. The maximum absolute atomic E-state index is 10.6. The fraction of sp³-hybridized carbons (Fsp3) is 0.500. The summed E-state index contributed by atoms with van der Waals surface area (Å²) >= 11 is 0. The highest BCUT2D eigenvalue weighted by Gasteiger charge is 2.10. The lowest BCUT2D eigenvalue weighted by Crippen LogP contribution is -2.14. The Morgan fingerprint density at radius 3 is 3.27 bits per heavy atom. The van der Waals surface area contributed by atoms with Gasteiger partial charge in [-0.1, -0.05) is 0 Å². The Balaban J connectivity index is 2.24. The highest BCUT2D eigenvalue weighted by atomic mass is 16.8. The van der Waals surface area contributed by atoms with Crippen LogP contribution in [0.15, 0.2) is 12.0 Å². The van der Waals surface area contributed by atoms with Crippen molar-refractivity contribution in [3.8, 4) is 0 Å². The number of rotatable bonds is 2. The standard InChI is InChI=1S/C6H9NO4/c1-2-9-6(8)11-5-3-4-10-7-5/h3,7H,2,4H2,1H3. The van der Waals surface area contributed by atoms with Crippen molar-refractivity contribution in [1.82, 2.24) is 5.48 Å². The minimum absolute atomic E-state index is 0.281. The third-order valence-electron chi connectivity index (χ3n) is 0.980. The zero-order chi connectivity index (χ0) is 8.10. The molecule has 1 N–H and O–H groups in total. The first-order valence-electron chi connectivity index (χ1n) is 3.25. The van der Waals surface area contributed by atoms with Crippen LogP contribution < -0.4 is 5.48 Å². The molecule has 0 atom stereocenters. The third kappa shape index (κ3) is 2.46. The van der Waals surface area contributed by atoms with Gasteiger partial charge in [-0.25, -0.2) is 10.3 Å². The second-order valence-electron chi connectivity index (χ2n) is 1.77. The van der Waals surface area contributed by atoms with Crippen molar-refractivity contribution in [2.75, 3.05) is 13.2 Å². The van der Waals surface area contributed by atoms with Gasteiger partial charge in [-0.05, 0) is 6.92 Å². The van der Waals surface area contributed by atoms with Crippen molar-refractivity contribution in [3.05, 3.63) is 12.0 Å². The second kappa shape index (κ2) is 3.82. The average Bonchev–Trinajstić information content (AvgIpc) is 2.40. The van der Waals surface area contributed by atoms with Crippen LogP contribution in [-0.2, 0) is 14.3 Å². The zero-order valence-electron chi connectivity index (χ0n) is 6.12. The van der Waals surface area contributed by atoms with E-state index in [1.165, 1.54) is 0 Å². The van der Waals surface area contributed by atoms with Crippen LogP contribution in [0.3, 0.4) is 0 Å². The largest absolute Gasteiger partial charge is 0.515 e. The Kier molecular flexibility index (Phi) is 2.74. The number of nitrogens with one attached hydrogen (secondary N) is 1. The summed E-state index contributed by atoms with van der Waals surface area (Å²) in [5, 5.41) is 0. The first-order chi connectivity index (χ1) is 5.33. The van der Waals surface area contributed by atoms with Gasteiger partial charge in [0.2, 0.25) is 5.88 Å². The molecule has 0 aliphatic carbocycles. The summed E-state index contributed by atoms with van der Waals surface area (Å²) < 4.78 is 9.12. The van der Waals surface area contributed by atoms with Gasteiger partial charge in [-0.15, -0.1) is 0 Å². The van der Waals surface area contributed by atoms with Crippen LogP contribution in [0, 0.1) is 0 Å². The summed E-state index contributed by atoms with van der Waals surface area (Å²) in [6, 6.07) is 0. The lowest BCUT2D eigenvalue weighted by atomic mass is 10.6. The predicted molar refractivity (Wildman–Crippen MR) is 35.3 cm³/mol. The van der Waals surface area contributed by atoms with Gasteiger partial charge in [-0.2, -0.15) is 0 Å². The van der Waals surface area contributed by atoms with Gasteiger partial charge < -0.3 is 9.47 Å². The fourth-order valence-corrected chi connectivity index (χ4v) is 0.571. The van der Waals surface area contributed by atoms with E-state index in [9.17, 15) is 4.79 Å². The van der Waals surface area contributed by atoms with Crippen molar-refractivity contribution < 1.29 is 19.1 Å². The molecule has 0 radical (unpaired) electrons. The molecule has 0 spiro atoms. The van der Waals surface area contributed by atoms with Crippen LogP contribution in [0.1, 0.15) is 6.92 Å². The van der Waals surface area contributed by atoms with Gasteiger partial charge >= 0.3 is 6.16 Å². The van der Waals surface area contributed by atoms with Gasteiger partial charge in [-0.3, -0.25) is 4.84 Å². The summed E-state index contributed by atoms with van der Waals surface area (Å²) in [7, 11) is 0. The van der Waals surface area contributed by atoms with Gasteiger partial charge in [0.15, 0.2) is 0 Å². The molecule has 0 saturated heterocycles. The van der Waals surface area contributed by atoms with E-state index in [4.69, 9.17) is 0 Å². The number of hydroxylamine groups is 1. The maximum atomic E-state index is 10.6. The van der Waals surface area contributed by atoms with E-state index in [1.54, 1.807) is 13.0 Å². The topological polar surface area (TPSA) is 56.8 Å². The summed E-state index contributed by atoms with van der Waals surface area (Å²) in [4.78, 5) is 15.3. The molecule has 5 heteroatoms. The van der Waals surface area contributed by atoms with Crippen LogP contribution in [0.25, 0.3) is 0 Å². The molecular weight excluding hydrogens is 150 g/mol. The Labute approximate surface area is 63.9 Å². The smallest absolute Gasteiger partial charge is 0.434 e. The molecule has 1 heterocycles. The monoisotopic (exact) mass is 159 g/mol. The van der Waals surface area contributed by atoms with E-state index in [0.29, 0.717) is 13.2 Å². The molecule has 11 heavy (non-hydrogen) atoms. The number of carbonyl (C=O) groups is 1. The molecule has 1 aliphatic rings. The summed E-state index contributed by atoms with van der Waals surface area (Å²) in [5.74, 6) is 0.281. The Morgan fingerprint density at radius 2 is 2.73 bits per heavy atom. The van der Waals surface area contributed by atoms with E-state index in [2.05, 4.69) is 19.8 Å². The Morgan fingerprint density at radius 1 is 1.91 bits per heavy atom. The second-order valence-corrected chi connectivity index (χ2v) is 1.77. The van der Waals surface area contributed by atoms with E-state index in [-0.39, 0.29) is 5.88 Å². The summed E-state index contributed by atoms with van der Waals surface area (Å²) in [6.45, 7) is 2.40. The lowest BCUT2D eigenvalue weighted by molar-refractivity contribution is 0.0414. The van der Waals surface area contributed by atoms with E-state index < -0.39 is 6.16 Å². The quantitative estimate of drug-likeness (QED) is 0.596. The molecule has 0 aromatic heterocycles. The van der Waals surface area contributed by atoms with Crippen molar-refractivity contribution in [1.29, 1.82) is 0 Å². The first kappa shape index (κ1) is 7.87. The molecule has 0 aromatic rings. The Bertz CT molecular complexity index is 177. The van der Waals surface area contributed by atoms with Crippen LogP contribution in [0.2, 0.25) is 0 Å². The van der Waals surface area contributed by atoms with Crippen LogP contribution in [0.4, 0.5) is 4.79 Å². The highest BCUT2D eigenvalue weighted by molar-refractivity contribution is 5.61. The van der Waals surface area contributed by atoms with E-state index >= 15 is 0 Å². The van der Waals surface area contributed by atoms with Crippen LogP contribution >= 0.6 is 0 Å². The SMILES string of the molecule is CCOC(=O)OC1=CCON1. The molecule has 1 aliphatic heterocycles. The molecule has 0 amide bonds. The van der Waals surface area contributed by atoms with Gasteiger partial charge in [0, 0.05) is 6.08 Å². The molecule has 0 unspecified atom stereocenters. The highest BCUT2D eigenvalue weighted by Crippen LogP contribution is 2.00. The average molecular weight is 159 g/mol. The summed E-state index contributed by atoms with van der Waals surface area (Å²) in [5.41, 5.74) is 2.38. The van der Waals surface area contributed by atoms with Crippen LogP contribution in [0.5, 0.6) is 0 Å². The lowest BCUT2D eigenvalue weighted by Gasteiger charge is -2.03. The molecule has 0 fully saturated rings. The molecule has 0 aromatic carbocycles. The van der Waals surface area contributed by atoms with Crippen LogP contribution in [-0.4, -0.2) is 19.4 Å². The number of ether oxygens (including phenoxy) is 2. The van der Waals surface area contributed by atoms with Crippen molar-refractivity contribution in [2.24, 2.45) is 0 Å². The molecule has 5 nitrogen and oxygen atoms in total. The number of carbonyl (C=O) groups excluding carboxylic acids is 1. The zero-order valence-corrected chi connectivity index (χ0v) is 6.12. The Hall–Kier alpha value is -1.23. The van der Waals surface area contributed by atoms with E-state index in [0.717, 1.165) is 0 Å². The van der Waals surface area contributed by atoms with Gasteiger partial charge in [0.25, 0.3) is 0 Å². The molecular formula is C6H9NO4.